The van der Waals surface area contributed by atoms with Crippen LogP contribution >= 0.6 is 0 Å². The van der Waals surface area contributed by atoms with Crippen LogP contribution in [-0.4, -0.2) is 31.8 Å². The van der Waals surface area contributed by atoms with E-state index in [0.29, 0.717) is 17.5 Å². The Balaban J connectivity index is 1.86. The van der Waals surface area contributed by atoms with E-state index in [0.717, 1.165) is 5.69 Å². The summed E-state index contributed by atoms with van der Waals surface area (Å²) in [6, 6.07) is 0. The molecule has 118 valence electrons. The molecule has 1 amide bonds. The van der Waals surface area contributed by atoms with Gasteiger partial charge in [-0.1, -0.05) is 5.16 Å². The lowest BCUT2D eigenvalue weighted by Gasteiger charge is -2.19. The second-order valence-corrected chi connectivity index (χ2v) is 5.69. The van der Waals surface area contributed by atoms with Crippen LogP contribution in [0.2, 0.25) is 0 Å². The molecule has 0 saturated carbocycles. The Kier molecular flexibility index (Phi) is 4.59. The lowest BCUT2D eigenvalue weighted by Crippen LogP contribution is -2.32. The third-order valence-corrected chi connectivity index (χ3v) is 2.38. The molecule has 0 fully saturated rings. The minimum absolute atomic E-state index is 0.131. The zero-order valence-electron chi connectivity index (χ0n) is 13.0. The van der Waals surface area contributed by atoms with Crippen LogP contribution in [-0.2, 0) is 11.3 Å². The summed E-state index contributed by atoms with van der Waals surface area (Å²) in [7, 11) is 0. The van der Waals surface area contributed by atoms with Crippen LogP contribution < -0.4 is 5.32 Å². The van der Waals surface area contributed by atoms with Crippen molar-refractivity contribution < 1.29 is 14.1 Å². The van der Waals surface area contributed by atoms with Gasteiger partial charge >= 0.3 is 6.09 Å². The highest BCUT2D eigenvalue weighted by Crippen LogP contribution is 2.07. The standard InChI is InChI=1S/C14H19N5O3/c1-9-7-15-10(17-9)5-6-12-18-11(19-22-12)8-16-13(20)21-14(2,3)4/h5-7H,8H2,1-4H3,(H,15,17)(H,16,20)/b6-5+. The normalized spacial score (nSPS) is 11.8. The van der Waals surface area contributed by atoms with Gasteiger partial charge in [0.05, 0.1) is 6.54 Å². The van der Waals surface area contributed by atoms with Crippen LogP contribution in [0.4, 0.5) is 4.79 Å². The van der Waals surface area contributed by atoms with Crippen molar-refractivity contribution in [1.82, 2.24) is 25.4 Å². The van der Waals surface area contributed by atoms with Gasteiger partial charge < -0.3 is 19.6 Å². The molecule has 0 spiro atoms. The molecular weight excluding hydrogens is 286 g/mol. The summed E-state index contributed by atoms with van der Waals surface area (Å²) in [5, 5.41) is 6.32. The first-order chi connectivity index (χ1) is 10.3. The molecule has 0 aliphatic rings. The fourth-order valence-electron chi connectivity index (χ4n) is 1.54. The van der Waals surface area contributed by atoms with Crippen LogP contribution in [0.1, 0.15) is 44.0 Å². The third-order valence-electron chi connectivity index (χ3n) is 2.38. The van der Waals surface area contributed by atoms with Gasteiger partial charge in [0.2, 0.25) is 0 Å². The maximum absolute atomic E-state index is 11.5. The van der Waals surface area contributed by atoms with Crippen molar-refractivity contribution in [3.05, 3.63) is 29.4 Å². The topological polar surface area (TPSA) is 106 Å². The van der Waals surface area contributed by atoms with E-state index in [9.17, 15) is 4.79 Å². The summed E-state index contributed by atoms with van der Waals surface area (Å²) in [4.78, 5) is 22.8. The molecule has 0 unspecified atom stereocenters. The number of carbonyl (C=O) groups is 1. The highest BCUT2D eigenvalue weighted by molar-refractivity contribution is 5.67. The number of nitrogens with one attached hydrogen (secondary N) is 2. The van der Waals surface area contributed by atoms with E-state index in [1.807, 2.05) is 6.92 Å². The number of hydrogen-bond acceptors (Lipinski definition) is 6. The Morgan fingerprint density at radius 2 is 2.23 bits per heavy atom. The molecule has 22 heavy (non-hydrogen) atoms. The van der Waals surface area contributed by atoms with Crippen molar-refractivity contribution in [3.63, 3.8) is 0 Å². The van der Waals surface area contributed by atoms with Gasteiger partial charge in [-0.3, -0.25) is 0 Å². The molecular formula is C14H19N5O3. The molecule has 0 aliphatic carbocycles. The lowest BCUT2D eigenvalue weighted by molar-refractivity contribution is 0.0522. The van der Waals surface area contributed by atoms with Gasteiger partial charge in [-0.25, -0.2) is 9.78 Å². The van der Waals surface area contributed by atoms with Crippen LogP contribution in [0, 0.1) is 6.92 Å². The summed E-state index contributed by atoms with van der Waals surface area (Å²) in [6.07, 6.45) is 4.57. The Morgan fingerprint density at radius 1 is 1.45 bits per heavy atom. The van der Waals surface area contributed by atoms with Crippen molar-refractivity contribution in [2.24, 2.45) is 0 Å². The molecule has 0 aromatic carbocycles. The Labute approximate surface area is 128 Å². The summed E-state index contributed by atoms with van der Waals surface area (Å²) >= 11 is 0. The van der Waals surface area contributed by atoms with Gasteiger partial charge in [-0.2, -0.15) is 4.98 Å². The molecule has 0 aliphatic heterocycles. The monoisotopic (exact) mass is 305 g/mol. The SMILES string of the molecule is Cc1cnc(/C=C/c2nc(CNC(=O)OC(C)(C)C)no2)[nH]1. The number of aromatic amines is 1. The summed E-state index contributed by atoms with van der Waals surface area (Å²) in [6.45, 7) is 7.42. The van der Waals surface area contributed by atoms with Crippen molar-refractivity contribution in [2.75, 3.05) is 0 Å². The number of imidazole rings is 1. The zero-order valence-corrected chi connectivity index (χ0v) is 13.0. The molecule has 0 radical (unpaired) electrons. The van der Waals surface area contributed by atoms with Crippen molar-refractivity contribution >= 4 is 18.2 Å². The number of carbonyl (C=O) groups excluding carboxylic acids is 1. The average molecular weight is 305 g/mol. The highest BCUT2D eigenvalue weighted by Gasteiger charge is 2.16. The fraction of sp³-hybridized carbons (Fsp3) is 0.429. The van der Waals surface area contributed by atoms with E-state index < -0.39 is 11.7 Å². The average Bonchev–Trinajstić information content (AvgIpc) is 3.01. The molecule has 0 atom stereocenters. The number of amides is 1. The smallest absolute Gasteiger partial charge is 0.408 e. The maximum Gasteiger partial charge on any atom is 0.408 e. The van der Waals surface area contributed by atoms with Gasteiger partial charge in [-0.05, 0) is 33.8 Å². The number of nitrogens with zero attached hydrogens (tertiary/aromatic N) is 3. The lowest BCUT2D eigenvalue weighted by atomic mass is 10.2. The van der Waals surface area contributed by atoms with Crippen LogP contribution in [0.3, 0.4) is 0 Å². The molecule has 0 bridgehead atoms. The fourth-order valence-corrected chi connectivity index (χ4v) is 1.54. The van der Waals surface area contributed by atoms with Crippen LogP contribution in [0.15, 0.2) is 10.7 Å². The van der Waals surface area contributed by atoms with Crippen molar-refractivity contribution in [3.8, 4) is 0 Å². The third kappa shape index (κ3) is 5.04. The number of ether oxygens (including phenoxy) is 1. The number of rotatable bonds is 4. The van der Waals surface area contributed by atoms with E-state index in [4.69, 9.17) is 9.26 Å². The second-order valence-electron chi connectivity index (χ2n) is 5.69. The molecule has 2 aromatic heterocycles. The predicted octanol–water partition coefficient (Wildman–Crippen LogP) is 2.30. The first-order valence-electron chi connectivity index (χ1n) is 6.81. The molecule has 2 N–H and O–H groups in total. The Hall–Kier alpha value is -2.64. The number of aryl methyl sites for hydroxylation is 1. The van der Waals surface area contributed by atoms with E-state index >= 15 is 0 Å². The summed E-state index contributed by atoms with van der Waals surface area (Å²) in [5.41, 5.74) is 0.420. The highest BCUT2D eigenvalue weighted by atomic mass is 16.6. The quantitative estimate of drug-likeness (QED) is 0.897. The molecule has 2 aromatic rings. The first-order valence-corrected chi connectivity index (χ1v) is 6.81. The molecule has 2 heterocycles. The van der Waals surface area contributed by atoms with E-state index in [-0.39, 0.29) is 6.54 Å². The summed E-state index contributed by atoms with van der Waals surface area (Å²) < 4.78 is 10.2. The largest absolute Gasteiger partial charge is 0.444 e. The Morgan fingerprint density at radius 3 is 2.86 bits per heavy atom. The second kappa shape index (κ2) is 6.42. The number of H-pyrrole nitrogens is 1. The van der Waals surface area contributed by atoms with Gasteiger partial charge in [0.15, 0.2) is 5.82 Å². The number of alkyl carbamates (subject to hydrolysis) is 1. The maximum atomic E-state index is 11.5. The van der Waals surface area contributed by atoms with Gasteiger partial charge in [0.1, 0.15) is 11.4 Å². The Bertz CT molecular complexity index is 666. The van der Waals surface area contributed by atoms with E-state index in [1.54, 1.807) is 39.1 Å². The van der Waals surface area contributed by atoms with Crippen LogP contribution in [0.25, 0.3) is 12.2 Å². The molecule has 8 heteroatoms. The number of hydrogen-bond donors (Lipinski definition) is 2. The van der Waals surface area contributed by atoms with Crippen molar-refractivity contribution in [1.29, 1.82) is 0 Å². The zero-order chi connectivity index (χ0) is 16.2. The molecule has 8 nitrogen and oxygen atoms in total. The first kappa shape index (κ1) is 15.7. The van der Waals surface area contributed by atoms with Gasteiger partial charge in [0, 0.05) is 18.0 Å². The molecule has 0 saturated heterocycles. The summed E-state index contributed by atoms with van der Waals surface area (Å²) in [5.74, 6) is 1.39. The minimum Gasteiger partial charge on any atom is -0.444 e. The van der Waals surface area contributed by atoms with Crippen LogP contribution in [0.5, 0.6) is 0 Å². The van der Waals surface area contributed by atoms with E-state index in [2.05, 4.69) is 25.4 Å². The van der Waals surface area contributed by atoms with E-state index in [1.165, 1.54) is 0 Å². The molecule has 2 rings (SSSR count). The predicted molar refractivity (Wildman–Crippen MR) is 79.6 cm³/mol. The minimum atomic E-state index is -0.545. The van der Waals surface area contributed by atoms with Gasteiger partial charge in [-0.15, -0.1) is 0 Å². The van der Waals surface area contributed by atoms with Crippen molar-refractivity contribution in [2.45, 2.75) is 39.8 Å². The number of aromatic nitrogens is 4. The van der Waals surface area contributed by atoms with Gasteiger partial charge in [0.25, 0.3) is 5.89 Å².